The first-order valence-corrected chi connectivity index (χ1v) is 15.9. The van der Waals surface area contributed by atoms with Crippen LogP contribution in [0, 0.1) is 0 Å². The Morgan fingerprint density at radius 1 is 0.977 bits per heavy atom. The minimum absolute atomic E-state index is 0.0601. The first-order chi connectivity index (χ1) is 19.7. The van der Waals surface area contributed by atoms with Crippen molar-refractivity contribution in [1.29, 1.82) is 0 Å². The van der Waals surface area contributed by atoms with Crippen LogP contribution in [0.15, 0.2) is 42.0 Å². The number of carboxylic acid groups (broad SMARTS) is 1. The number of carboxylic acids is 1. The maximum atomic E-state index is 14.1. The highest BCUT2D eigenvalue weighted by Gasteiger charge is 2.46. The molecule has 2 atom stereocenters. The number of aliphatic carboxylic acids is 1. The van der Waals surface area contributed by atoms with Gasteiger partial charge in [-0.05, 0) is 53.4 Å². The lowest BCUT2D eigenvalue weighted by atomic mass is 9.76. The van der Waals surface area contributed by atoms with E-state index in [0.717, 1.165) is 5.56 Å². The molecular weight excluding hydrogens is 566 g/mol. The summed E-state index contributed by atoms with van der Waals surface area (Å²) in [5, 5.41) is 12.1. The molecule has 3 amide bonds. The number of carbonyl (C=O) groups is 4. The van der Waals surface area contributed by atoms with Crippen LogP contribution in [0.4, 0.5) is 4.79 Å². The molecule has 1 rings (SSSR count). The Balaban J connectivity index is 0.00000413. The number of benzene rings is 1. The lowest BCUT2D eigenvalue weighted by Crippen LogP contribution is -2.63. The molecule has 0 aliphatic heterocycles. The van der Waals surface area contributed by atoms with E-state index in [9.17, 15) is 19.2 Å². The molecule has 0 saturated carbocycles. The van der Waals surface area contributed by atoms with Crippen LogP contribution in [0.1, 0.15) is 87.6 Å². The quantitative estimate of drug-likeness (QED) is 0.270. The normalized spacial score (nSPS) is 13.6. The van der Waals surface area contributed by atoms with Gasteiger partial charge in [0.25, 0.3) is 0 Å². The molecule has 0 bridgehead atoms. The smallest absolute Gasteiger partial charge is 0.410 e. The van der Waals surface area contributed by atoms with Crippen molar-refractivity contribution < 1.29 is 29.0 Å². The molecule has 0 fully saturated rings. The van der Waals surface area contributed by atoms with Gasteiger partial charge in [-0.2, -0.15) is 11.8 Å². The van der Waals surface area contributed by atoms with Crippen molar-refractivity contribution in [2.45, 2.75) is 110 Å². The second-order valence-corrected chi connectivity index (χ2v) is 14.2. The Morgan fingerprint density at radius 3 is 1.91 bits per heavy atom. The van der Waals surface area contributed by atoms with Gasteiger partial charge in [0.15, 0.2) is 0 Å². The van der Waals surface area contributed by atoms with E-state index in [4.69, 9.17) is 9.84 Å². The fourth-order valence-corrected chi connectivity index (χ4v) is 4.39. The van der Waals surface area contributed by atoms with Crippen molar-refractivity contribution >= 4 is 35.6 Å². The Bertz CT molecular complexity index is 1090. The average molecular weight is 622 g/mol. The van der Waals surface area contributed by atoms with Gasteiger partial charge in [0.05, 0.1) is 0 Å². The molecule has 2 N–H and O–H groups in total. The zero-order chi connectivity index (χ0) is 33.8. The Kier molecular flexibility index (Phi) is 16.1. The van der Waals surface area contributed by atoms with Crippen LogP contribution in [0.25, 0.3) is 0 Å². The van der Waals surface area contributed by atoms with Gasteiger partial charge in [-0.1, -0.05) is 76.9 Å². The van der Waals surface area contributed by atoms with Gasteiger partial charge in [-0.3, -0.25) is 14.5 Å². The summed E-state index contributed by atoms with van der Waals surface area (Å²) < 4.78 is 4.86. The summed E-state index contributed by atoms with van der Waals surface area (Å²) in [7, 11) is 3.08. The van der Waals surface area contributed by atoms with E-state index in [1.165, 1.54) is 54.5 Å². The Labute approximate surface area is 263 Å². The Morgan fingerprint density at radius 2 is 1.49 bits per heavy atom. The predicted molar refractivity (Wildman–Crippen MR) is 176 cm³/mol. The van der Waals surface area contributed by atoms with Crippen LogP contribution >= 0.6 is 11.8 Å². The number of carbonyl (C=O) groups excluding carboxylic acids is 3. The first kappa shape index (κ1) is 40.0. The van der Waals surface area contributed by atoms with E-state index in [1.54, 1.807) is 27.8 Å². The van der Waals surface area contributed by atoms with Crippen molar-refractivity contribution in [2.75, 3.05) is 26.9 Å². The maximum Gasteiger partial charge on any atom is 0.410 e. The molecule has 0 aromatic heterocycles. The van der Waals surface area contributed by atoms with E-state index < -0.39 is 45.8 Å². The number of unbranched alkanes of at least 4 members (excludes halogenated alkanes) is 1. The lowest BCUT2D eigenvalue weighted by Gasteiger charge is -2.42. The third kappa shape index (κ3) is 12.6. The zero-order valence-corrected chi connectivity index (χ0v) is 29.3. The average Bonchev–Trinajstić information content (AvgIpc) is 2.93. The molecule has 0 heterocycles. The van der Waals surface area contributed by atoms with Crippen LogP contribution in [0.3, 0.4) is 0 Å². The van der Waals surface area contributed by atoms with E-state index in [0.29, 0.717) is 0 Å². The van der Waals surface area contributed by atoms with Crippen molar-refractivity contribution in [3.05, 3.63) is 47.5 Å². The van der Waals surface area contributed by atoms with Crippen LogP contribution in [0.2, 0.25) is 0 Å². The van der Waals surface area contributed by atoms with Crippen molar-refractivity contribution in [3.63, 3.8) is 0 Å². The maximum absolute atomic E-state index is 14.1. The number of rotatable bonds is 12. The van der Waals surface area contributed by atoms with Gasteiger partial charge >= 0.3 is 12.1 Å². The molecule has 9 nitrogen and oxygen atoms in total. The van der Waals surface area contributed by atoms with Gasteiger partial charge in [0, 0.05) is 36.4 Å². The molecule has 43 heavy (non-hydrogen) atoms. The second kappa shape index (κ2) is 17.3. The van der Waals surface area contributed by atoms with Crippen molar-refractivity contribution in [2.24, 2.45) is 0 Å². The van der Waals surface area contributed by atoms with Crippen molar-refractivity contribution in [1.82, 2.24) is 15.1 Å². The molecule has 0 saturated heterocycles. The number of nitrogens with one attached hydrogen (secondary N) is 1. The minimum atomic E-state index is -1.07. The third-order valence-electron chi connectivity index (χ3n) is 7.16. The molecule has 1 aromatic rings. The predicted octanol–water partition coefficient (Wildman–Crippen LogP) is 6.12. The molecule has 0 spiro atoms. The monoisotopic (exact) mass is 621 g/mol. The van der Waals surface area contributed by atoms with Gasteiger partial charge in [-0.25, -0.2) is 9.59 Å². The molecule has 10 heteroatoms. The third-order valence-corrected chi connectivity index (χ3v) is 8.45. The summed E-state index contributed by atoms with van der Waals surface area (Å²) in [6, 6.07) is 7.39. The summed E-state index contributed by atoms with van der Waals surface area (Å²) in [5.74, 6) is -1.96. The van der Waals surface area contributed by atoms with Gasteiger partial charge in [-0.15, -0.1) is 0 Å². The Hall–Kier alpha value is -3.01. The SMILES string of the molecule is CCCC.CSC(C)(C)C(NC(=O)C(N(C)C(=O)OC(C)(C)C)C(C)(C)c1ccccc1)C(=O)N(C)C/C=C(\C)C(=O)O. The highest BCUT2D eigenvalue weighted by molar-refractivity contribution is 8.00. The fourth-order valence-electron chi connectivity index (χ4n) is 4.00. The van der Waals surface area contributed by atoms with E-state index in [1.807, 2.05) is 64.3 Å². The zero-order valence-electron chi connectivity index (χ0n) is 28.5. The first-order valence-electron chi connectivity index (χ1n) is 14.7. The number of hydrogen-bond donors (Lipinski definition) is 2. The summed E-state index contributed by atoms with van der Waals surface area (Å²) >= 11 is 1.41. The molecular formula is C33H55N3O6S. The van der Waals surface area contributed by atoms with Crippen molar-refractivity contribution in [3.8, 4) is 0 Å². The number of ether oxygens (including phenoxy) is 1. The number of thioether (sulfide) groups is 1. The van der Waals surface area contributed by atoms with Crippen LogP contribution in [-0.4, -0.2) is 88.1 Å². The topological polar surface area (TPSA) is 116 Å². The number of amides is 3. The molecule has 0 radical (unpaired) electrons. The minimum Gasteiger partial charge on any atom is -0.478 e. The highest BCUT2D eigenvalue weighted by atomic mass is 32.2. The van der Waals surface area contributed by atoms with Crippen LogP contribution in [0.5, 0.6) is 0 Å². The second-order valence-electron chi connectivity index (χ2n) is 12.7. The summed E-state index contributed by atoms with van der Waals surface area (Å²) in [5.41, 5.74) is -0.684. The van der Waals surface area contributed by atoms with Gasteiger partial charge in [0.1, 0.15) is 17.7 Å². The number of nitrogens with zero attached hydrogens (tertiary/aromatic N) is 2. The number of likely N-dealkylation sites (N-methyl/N-ethyl adjacent to an activating group) is 2. The fraction of sp³-hybridized carbons (Fsp3) is 0.636. The highest BCUT2D eigenvalue weighted by Crippen LogP contribution is 2.33. The largest absolute Gasteiger partial charge is 0.478 e. The molecule has 0 aliphatic rings. The molecule has 1 aromatic carbocycles. The summed E-state index contributed by atoms with van der Waals surface area (Å²) in [4.78, 5) is 54.7. The number of hydrogen-bond acceptors (Lipinski definition) is 6. The molecule has 0 aliphatic carbocycles. The lowest BCUT2D eigenvalue weighted by molar-refractivity contribution is -0.138. The van der Waals surface area contributed by atoms with E-state index >= 15 is 0 Å². The van der Waals surface area contributed by atoms with Gasteiger partial charge in [0.2, 0.25) is 11.8 Å². The van der Waals surface area contributed by atoms with E-state index in [-0.39, 0.29) is 18.0 Å². The van der Waals surface area contributed by atoms with Crippen LogP contribution in [-0.2, 0) is 24.5 Å². The summed E-state index contributed by atoms with van der Waals surface area (Å²) in [6.07, 6.45) is 5.27. The molecule has 244 valence electrons. The molecule has 2 unspecified atom stereocenters. The van der Waals surface area contributed by atoms with Crippen LogP contribution < -0.4 is 5.32 Å². The summed E-state index contributed by atoms with van der Waals surface area (Å²) in [6.45, 7) is 18.6. The standard InChI is InChI=1S/C29H45N3O6S.C4H10/c1-19(25(35)36)17-18-31(9)24(34)21(29(7,8)39-11)30-23(33)22(32(10)26(37)38-27(2,3)4)28(5,6)20-15-13-12-14-16-20;1-3-4-2/h12-17,21-22H,18H2,1-11H3,(H,30,33)(H,35,36);3-4H2,1-2H3/b19-17+;. The van der Waals surface area contributed by atoms with Gasteiger partial charge < -0.3 is 20.1 Å². The van der Waals surface area contributed by atoms with E-state index in [2.05, 4.69) is 19.2 Å².